The molecule has 0 spiro atoms. The first-order chi connectivity index (χ1) is 10.7. The van der Waals surface area contributed by atoms with E-state index in [1.807, 2.05) is 17.4 Å². The highest BCUT2D eigenvalue weighted by Crippen LogP contribution is 2.19. The SMILES string of the molecule is Cn1cncc1CCCN1CCC(CN2CCNC2=O)CC1. The molecule has 6 nitrogen and oxygen atoms in total. The Hall–Kier alpha value is -1.56. The number of hydrogen-bond donors (Lipinski definition) is 1. The topological polar surface area (TPSA) is 53.4 Å². The van der Waals surface area contributed by atoms with Crippen LogP contribution >= 0.6 is 0 Å². The predicted octanol–water partition coefficient (Wildman–Crippen LogP) is 1.09. The first-order valence-electron chi connectivity index (χ1n) is 8.42. The first kappa shape index (κ1) is 15.3. The molecule has 2 aliphatic rings. The van der Waals surface area contributed by atoms with Crippen LogP contribution in [0, 0.1) is 5.92 Å². The predicted molar refractivity (Wildman–Crippen MR) is 85.7 cm³/mol. The molecule has 2 amide bonds. The number of carbonyl (C=O) groups excluding carboxylic acids is 1. The zero-order chi connectivity index (χ0) is 15.4. The summed E-state index contributed by atoms with van der Waals surface area (Å²) in [7, 11) is 2.06. The van der Waals surface area contributed by atoms with Gasteiger partial charge in [-0.15, -0.1) is 0 Å². The van der Waals surface area contributed by atoms with Crippen LogP contribution in [0.4, 0.5) is 4.79 Å². The van der Waals surface area contributed by atoms with E-state index in [2.05, 4.69) is 26.8 Å². The van der Waals surface area contributed by atoms with E-state index in [1.54, 1.807) is 0 Å². The summed E-state index contributed by atoms with van der Waals surface area (Å²) in [6, 6.07) is 0.124. The molecule has 0 bridgehead atoms. The fourth-order valence-corrected chi connectivity index (χ4v) is 3.50. The average molecular weight is 305 g/mol. The van der Waals surface area contributed by atoms with Crippen molar-refractivity contribution in [1.82, 2.24) is 24.7 Å². The van der Waals surface area contributed by atoms with Gasteiger partial charge in [0.15, 0.2) is 0 Å². The van der Waals surface area contributed by atoms with E-state index in [4.69, 9.17) is 0 Å². The number of rotatable bonds is 6. The third kappa shape index (κ3) is 3.80. The van der Waals surface area contributed by atoms with Crippen LogP contribution in [-0.2, 0) is 13.5 Å². The molecule has 1 aromatic heterocycles. The minimum atomic E-state index is 0.124. The molecule has 0 aliphatic carbocycles. The Morgan fingerprint density at radius 1 is 1.32 bits per heavy atom. The van der Waals surface area contributed by atoms with Crippen molar-refractivity contribution in [3.05, 3.63) is 18.2 Å². The summed E-state index contributed by atoms with van der Waals surface area (Å²) in [4.78, 5) is 20.3. The Labute approximate surface area is 132 Å². The maximum Gasteiger partial charge on any atom is 0.317 e. The lowest BCUT2D eigenvalue weighted by Crippen LogP contribution is -2.40. The van der Waals surface area contributed by atoms with Gasteiger partial charge in [-0.1, -0.05) is 0 Å². The number of imidazole rings is 1. The molecule has 6 heteroatoms. The van der Waals surface area contributed by atoms with Gasteiger partial charge in [-0.3, -0.25) is 0 Å². The van der Waals surface area contributed by atoms with Crippen LogP contribution in [0.25, 0.3) is 0 Å². The summed E-state index contributed by atoms with van der Waals surface area (Å²) in [6.07, 6.45) is 8.57. The van der Waals surface area contributed by atoms with Gasteiger partial charge in [0, 0.05) is 38.6 Å². The van der Waals surface area contributed by atoms with Crippen LogP contribution < -0.4 is 5.32 Å². The second-order valence-electron chi connectivity index (χ2n) is 6.56. The normalized spacial score (nSPS) is 20.6. The maximum atomic E-state index is 11.6. The van der Waals surface area contributed by atoms with Crippen molar-refractivity contribution >= 4 is 6.03 Å². The molecule has 0 aromatic carbocycles. The van der Waals surface area contributed by atoms with Crippen molar-refractivity contribution < 1.29 is 4.79 Å². The number of urea groups is 1. The largest absolute Gasteiger partial charge is 0.338 e. The molecule has 3 rings (SSSR count). The molecule has 1 aromatic rings. The molecule has 22 heavy (non-hydrogen) atoms. The van der Waals surface area contributed by atoms with Crippen molar-refractivity contribution in [2.75, 3.05) is 39.3 Å². The number of aromatic nitrogens is 2. The molecular formula is C16H27N5O. The van der Waals surface area contributed by atoms with Gasteiger partial charge in [0.1, 0.15) is 0 Å². The van der Waals surface area contributed by atoms with Crippen molar-refractivity contribution in [2.24, 2.45) is 13.0 Å². The summed E-state index contributed by atoms with van der Waals surface area (Å²) in [5, 5.41) is 2.88. The van der Waals surface area contributed by atoms with Crippen LogP contribution in [0.1, 0.15) is 25.0 Å². The molecule has 0 atom stereocenters. The molecule has 0 radical (unpaired) electrons. The zero-order valence-corrected chi connectivity index (χ0v) is 13.5. The number of hydrogen-bond acceptors (Lipinski definition) is 3. The second kappa shape index (κ2) is 7.13. The van der Waals surface area contributed by atoms with Gasteiger partial charge in [-0.25, -0.2) is 9.78 Å². The summed E-state index contributed by atoms with van der Waals surface area (Å²) in [5.41, 5.74) is 1.31. The van der Waals surface area contributed by atoms with Crippen LogP contribution in [0.2, 0.25) is 0 Å². The number of nitrogens with one attached hydrogen (secondary N) is 1. The van der Waals surface area contributed by atoms with Crippen molar-refractivity contribution in [2.45, 2.75) is 25.7 Å². The van der Waals surface area contributed by atoms with Crippen molar-refractivity contribution in [3.8, 4) is 0 Å². The number of carbonyl (C=O) groups is 1. The number of likely N-dealkylation sites (tertiary alicyclic amines) is 1. The molecule has 3 heterocycles. The van der Waals surface area contributed by atoms with Gasteiger partial charge in [-0.05, 0) is 51.2 Å². The van der Waals surface area contributed by atoms with Crippen LogP contribution in [-0.4, -0.2) is 64.7 Å². The van der Waals surface area contributed by atoms with E-state index in [0.29, 0.717) is 5.92 Å². The van der Waals surface area contributed by atoms with Gasteiger partial charge in [-0.2, -0.15) is 0 Å². The Bertz CT molecular complexity index is 492. The molecular weight excluding hydrogens is 278 g/mol. The highest BCUT2D eigenvalue weighted by molar-refractivity contribution is 5.76. The highest BCUT2D eigenvalue weighted by atomic mass is 16.2. The van der Waals surface area contributed by atoms with Crippen molar-refractivity contribution in [1.29, 1.82) is 0 Å². The van der Waals surface area contributed by atoms with E-state index in [0.717, 1.165) is 26.1 Å². The Morgan fingerprint density at radius 3 is 2.77 bits per heavy atom. The lowest BCUT2D eigenvalue weighted by Gasteiger charge is -2.33. The molecule has 2 aliphatic heterocycles. The lowest BCUT2D eigenvalue weighted by molar-refractivity contribution is 0.155. The van der Waals surface area contributed by atoms with Gasteiger partial charge in [0.05, 0.1) is 6.33 Å². The molecule has 0 unspecified atom stereocenters. The van der Waals surface area contributed by atoms with Crippen molar-refractivity contribution in [3.63, 3.8) is 0 Å². The number of piperidine rings is 1. The van der Waals surface area contributed by atoms with E-state index < -0.39 is 0 Å². The standard InChI is InChI=1S/C16H27N5O/c1-19-13-17-11-15(19)3-2-7-20-8-4-14(5-9-20)12-21-10-6-18-16(21)22/h11,13-14H,2-10,12H2,1H3,(H,18,22). The minimum Gasteiger partial charge on any atom is -0.338 e. The molecule has 1 N–H and O–H groups in total. The van der Waals surface area contributed by atoms with Gasteiger partial charge >= 0.3 is 6.03 Å². The van der Waals surface area contributed by atoms with Crippen LogP contribution in [0.15, 0.2) is 12.5 Å². The fourth-order valence-electron chi connectivity index (χ4n) is 3.50. The van der Waals surface area contributed by atoms with Gasteiger partial charge in [0.25, 0.3) is 0 Å². The highest BCUT2D eigenvalue weighted by Gasteiger charge is 2.25. The summed E-state index contributed by atoms with van der Waals surface area (Å²) < 4.78 is 2.10. The van der Waals surface area contributed by atoms with Gasteiger partial charge in [0.2, 0.25) is 0 Å². The molecule has 2 saturated heterocycles. The van der Waals surface area contributed by atoms with Gasteiger partial charge < -0.3 is 19.7 Å². The third-order valence-corrected chi connectivity index (χ3v) is 4.95. The van der Waals surface area contributed by atoms with E-state index in [1.165, 1.54) is 44.6 Å². The minimum absolute atomic E-state index is 0.124. The quantitative estimate of drug-likeness (QED) is 0.856. The maximum absolute atomic E-state index is 11.6. The number of aryl methyl sites for hydroxylation is 2. The number of amides is 2. The molecule has 2 fully saturated rings. The molecule has 122 valence electrons. The van der Waals surface area contributed by atoms with E-state index in [-0.39, 0.29) is 6.03 Å². The monoisotopic (exact) mass is 305 g/mol. The Kier molecular flexibility index (Phi) is 4.97. The van der Waals surface area contributed by atoms with E-state index >= 15 is 0 Å². The second-order valence-corrected chi connectivity index (χ2v) is 6.56. The van der Waals surface area contributed by atoms with Crippen LogP contribution in [0.3, 0.4) is 0 Å². The summed E-state index contributed by atoms with van der Waals surface area (Å²) >= 11 is 0. The number of nitrogens with zero attached hydrogens (tertiary/aromatic N) is 4. The zero-order valence-electron chi connectivity index (χ0n) is 13.5. The molecule has 0 saturated carbocycles. The first-order valence-corrected chi connectivity index (χ1v) is 8.42. The lowest BCUT2D eigenvalue weighted by atomic mass is 9.96. The average Bonchev–Trinajstić information content (AvgIpc) is 3.11. The van der Waals surface area contributed by atoms with Crippen LogP contribution in [0.5, 0.6) is 0 Å². The summed E-state index contributed by atoms with van der Waals surface area (Å²) in [6.45, 7) is 6.14. The fraction of sp³-hybridized carbons (Fsp3) is 0.750. The smallest absolute Gasteiger partial charge is 0.317 e. The van der Waals surface area contributed by atoms with E-state index in [9.17, 15) is 4.79 Å². The summed E-state index contributed by atoms with van der Waals surface area (Å²) in [5.74, 6) is 0.678. The Morgan fingerprint density at radius 2 is 2.14 bits per heavy atom. The third-order valence-electron chi connectivity index (χ3n) is 4.95. The Balaban J connectivity index is 1.33.